The van der Waals surface area contributed by atoms with Crippen LogP contribution in [0.25, 0.3) is 10.2 Å². The molecule has 0 radical (unpaired) electrons. The molecule has 1 aromatic carbocycles. The van der Waals surface area contributed by atoms with E-state index in [2.05, 4.69) is 20.3 Å². The first-order chi connectivity index (χ1) is 15.4. The van der Waals surface area contributed by atoms with Crippen LogP contribution < -0.4 is 10.2 Å². The number of hydrogen-bond acceptors (Lipinski definition) is 9. The van der Waals surface area contributed by atoms with E-state index in [4.69, 9.17) is 4.74 Å². The minimum atomic E-state index is -3.16. The van der Waals surface area contributed by atoms with E-state index in [-0.39, 0.29) is 41.9 Å². The second-order valence-corrected chi connectivity index (χ2v) is 11.3. The molecule has 2 fully saturated rings. The van der Waals surface area contributed by atoms with E-state index in [0.29, 0.717) is 25.3 Å². The Bertz CT molecular complexity index is 1200. The molecule has 3 aliphatic heterocycles. The molecule has 1 N–H and O–H groups in total. The summed E-state index contributed by atoms with van der Waals surface area (Å²) < 4.78 is 29.9. The van der Waals surface area contributed by atoms with E-state index in [1.807, 2.05) is 12.1 Å². The average molecular weight is 478 g/mol. The van der Waals surface area contributed by atoms with Crippen LogP contribution in [0, 0.1) is 0 Å². The molecule has 1 aromatic heterocycles. The fourth-order valence-electron chi connectivity index (χ4n) is 4.07. The van der Waals surface area contributed by atoms with Crippen molar-refractivity contribution in [2.24, 2.45) is 5.10 Å². The smallest absolute Gasteiger partial charge is 0.271 e. The highest BCUT2D eigenvalue weighted by Gasteiger charge is 2.37. The van der Waals surface area contributed by atoms with Crippen LogP contribution in [-0.4, -0.2) is 79.8 Å². The van der Waals surface area contributed by atoms with Crippen LogP contribution in [-0.2, 0) is 24.2 Å². The number of rotatable bonds is 4. The van der Waals surface area contributed by atoms with E-state index in [9.17, 15) is 18.0 Å². The predicted octanol–water partition coefficient (Wildman–Crippen LogP) is 1.24. The van der Waals surface area contributed by atoms with Crippen LogP contribution in [0.1, 0.15) is 19.3 Å². The van der Waals surface area contributed by atoms with Gasteiger partial charge in [0.15, 0.2) is 15.0 Å². The number of nitrogens with one attached hydrogen (secondary N) is 1. The average Bonchev–Trinajstić information content (AvgIpc) is 3.37. The molecule has 2 amide bonds. The molecule has 3 aliphatic rings. The van der Waals surface area contributed by atoms with Gasteiger partial charge >= 0.3 is 0 Å². The van der Waals surface area contributed by atoms with E-state index < -0.39 is 15.9 Å². The normalized spacial score (nSPS) is 23.4. The Labute approximate surface area is 189 Å². The fourth-order valence-corrected chi connectivity index (χ4v) is 6.82. The number of morpholine rings is 1. The van der Waals surface area contributed by atoms with Crippen molar-refractivity contribution in [3.8, 4) is 0 Å². The maximum atomic E-state index is 12.8. The molecule has 12 heteroatoms. The Hall–Kier alpha value is -2.57. The number of thiazole rings is 1. The SMILES string of the molecule is O=C(Nc1ccc2nc(N3CCOCC3)sc2c1)C1=NN([C@@H]2CCS(=O)(=O)C2)C(=O)CC1. The van der Waals surface area contributed by atoms with Gasteiger partial charge < -0.3 is 15.0 Å². The quantitative estimate of drug-likeness (QED) is 0.703. The lowest BCUT2D eigenvalue weighted by atomic mass is 10.1. The molecule has 0 spiro atoms. The van der Waals surface area contributed by atoms with Gasteiger partial charge in [0.1, 0.15) is 5.71 Å². The molecule has 2 saturated heterocycles. The number of carbonyl (C=O) groups is 2. The van der Waals surface area contributed by atoms with Crippen molar-refractivity contribution in [3.63, 3.8) is 0 Å². The maximum Gasteiger partial charge on any atom is 0.271 e. The number of ether oxygens (including phenoxy) is 1. The number of hydrazone groups is 1. The second kappa shape index (κ2) is 8.41. The molecule has 1 atom stereocenters. The summed E-state index contributed by atoms with van der Waals surface area (Å²) in [6, 6.07) is 5.04. The van der Waals surface area contributed by atoms with Crippen molar-refractivity contribution in [3.05, 3.63) is 18.2 Å². The van der Waals surface area contributed by atoms with Gasteiger partial charge in [0.2, 0.25) is 5.91 Å². The fraction of sp³-hybridized carbons (Fsp3) is 0.500. The summed E-state index contributed by atoms with van der Waals surface area (Å²) >= 11 is 1.57. The molecule has 32 heavy (non-hydrogen) atoms. The van der Waals surface area contributed by atoms with Gasteiger partial charge in [-0.2, -0.15) is 5.10 Å². The van der Waals surface area contributed by atoms with Gasteiger partial charge in [-0.15, -0.1) is 0 Å². The number of fused-ring (bicyclic) bond motifs is 1. The Morgan fingerprint density at radius 3 is 2.78 bits per heavy atom. The summed E-state index contributed by atoms with van der Waals surface area (Å²) in [4.78, 5) is 32.0. The molecule has 0 bridgehead atoms. The van der Waals surface area contributed by atoms with Crippen LogP contribution >= 0.6 is 11.3 Å². The molecular formula is C20H23N5O5S2. The topological polar surface area (TPSA) is 121 Å². The van der Waals surface area contributed by atoms with Crippen LogP contribution in [0.5, 0.6) is 0 Å². The summed E-state index contributed by atoms with van der Waals surface area (Å²) in [5.74, 6) is -0.698. The number of amides is 2. The van der Waals surface area contributed by atoms with Crippen molar-refractivity contribution < 1.29 is 22.7 Å². The molecule has 5 rings (SSSR count). The van der Waals surface area contributed by atoms with Crippen molar-refractivity contribution in [2.45, 2.75) is 25.3 Å². The van der Waals surface area contributed by atoms with Gasteiger partial charge in [-0.3, -0.25) is 9.59 Å². The number of benzene rings is 1. The van der Waals surface area contributed by atoms with Crippen LogP contribution in [0.15, 0.2) is 23.3 Å². The Kier molecular flexibility index (Phi) is 5.59. The number of anilines is 2. The van der Waals surface area contributed by atoms with Crippen molar-refractivity contribution >= 4 is 59.7 Å². The lowest BCUT2D eigenvalue weighted by Crippen LogP contribution is -2.42. The van der Waals surface area contributed by atoms with Crippen molar-refractivity contribution in [1.82, 2.24) is 9.99 Å². The van der Waals surface area contributed by atoms with Crippen molar-refractivity contribution in [2.75, 3.05) is 48.0 Å². The Balaban J connectivity index is 1.31. The standard InChI is InChI=1S/C20H23N5O5S2/c26-18-4-3-16(23-25(18)14-5-10-32(28,29)12-14)19(27)21-13-1-2-15-17(11-13)31-20(22-15)24-6-8-30-9-7-24/h1-2,11,14H,3-10,12H2,(H,21,27)/t14-/m1/s1. The van der Waals surface area contributed by atoms with E-state index in [1.54, 1.807) is 17.4 Å². The highest BCUT2D eigenvalue weighted by atomic mass is 32.2. The van der Waals surface area contributed by atoms with Gasteiger partial charge in [-0.1, -0.05) is 11.3 Å². The third-order valence-electron chi connectivity index (χ3n) is 5.79. The lowest BCUT2D eigenvalue weighted by Gasteiger charge is -2.27. The zero-order chi connectivity index (χ0) is 22.3. The molecular weight excluding hydrogens is 454 g/mol. The summed E-state index contributed by atoms with van der Waals surface area (Å²) in [7, 11) is -3.16. The minimum absolute atomic E-state index is 0.0415. The Morgan fingerprint density at radius 1 is 1.22 bits per heavy atom. The molecule has 0 unspecified atom stereocenters. The molecule has 170 valence electrons. The van der Waals surface area contributed by atoms with Gasteiger partial charge in [0, 0.05) is 31.6 Å². The van der Waals surface area contributed by atoms with E-state index in [0.717, 1.165) is 28.4 Å². The third kappa shape index (κ3) is 4.34. The zero-order valence-electron chi connectivity index (χ0n) is 17.3. The van der Waals surface area contributed by atoms with E-state index in [1.165, 1.54) is 5.01 Å². The Morgan fingerprint density at radius 2 is 2.03 bits per heavy atom. The summed E-state index contributed by atoms with van der Waals surface area (Å²) in [6.45, 7) is 2.98. The highest BCUT2D eigenvalue weighted by Crippen LogP contribution is 2.31. The van der Waals surface area contributed by atoms with Crippen molar-refractivity contribution in [1.29, 1.82) is 0 Å². The molecule has 2 aromatic rings. The second-order valence-electron chi connectivity index (χ2n) is 8.07. The van der Waals surface area contributed by atoms with Gasteiger partial charge in [-0.25, -0.2) is 18.4 Å². The first-order valence-electron chi connectivity index (χ1n) is 10.5. The van der Waals surface area contributed by atoms with Gasteiger partial charge in [-0.05, 0) is 24.6 Å². The number of hydrogen-bond donors (Lipinski definition) is 1. The van der Waals surface area contributed by atoms with E-state index >= 15 is 0 Å². The highest BCUT2D eigenvalue weighted by molar-refractivity contribution is 7.91. The maximum absolute atomic E-state index is 12.8. The van der Waals surface area contributed by atoms with Crippen LogP contribution in [0.4, 0.5) is 10.8 Å². The third-order valence-corrected chi connectivity index (χ3v) is 8.62. The summed E-state index contributed by atoms with van der Waals surface area (Å²) in [5.41, 5.74) is 1.71. The lowest BCUT2D eigenvalue weighted by molar-refractivity contribution is -0.133. The predicted molar refractivity (Wildman–Crippen MR) is 122 cm³/mol. The molecule has 0 saturated carbocycles. The number of carbonyl (C=O) groups excluding carboxylic acids is 2. The molecule has 10 nitrogen and oxygen atoms in total. The summed E-state index contributed by atoms with van der Waals surface area (Å²) in [6.07, 6.45) is 0.713. The largest absolute Gasteiger partial charge is 0.378 e. The van der Waals surface area contributed by atoms with Crippen LogP contribution in [0.3, 0.4) is 0 Å². The summed E-state index contributed by atoms with van der Waals surface area (Å²) in [5, 5.41) is 9.22. The monoisotopic (exact) mass is 477 g/mol. The molecule has 4 heterocycles. The van der Waals surface area contributed by atoms with Crippen LogP contribution in [0.2, 0.25) is 0 Å². The zero-order valence-corrected chi connectivity index (χ0v) is 19.0. The van der Waals surface area contributed by atoms with Gasteiger partial charge in [0.05, 0.1) is 41.0 Å². The number of nitrogens with zero attached hydrogens (tertiary/aromatic N) is 4. The number of aromatic nitrogens is 1. The molecule has 0 aliphatic carbocycles. The first kappa shape index (κ1) is 21.3. The number of sulfone groups is 1. The first-order valence-corrected chi connectivity index (χ1v) is 13.2. The minimum Gasteiger partial charge on any atom is -0.378 e. The van der Waals surface area contributed by atoms with Gasteiger partial charge in [0.25, 0.3) is 5.91 Å².